The Bertz CT molecular complexity index is 472. The third kappa shape index (κ3) is 8.01. The van der Waals surface area contributed by atoms with Crippen molar-refractivity contribution in [3.63, 3.8) is 0 Å². The predicted molar refractivity (Wildman–Crippen MR) is 114 cm³/mol. The summed E-state index contributed by atoms with van der Waals surface area (Å²) in [5, 5.41) is 0. The highest BCUT2D eigenvalue weighted by molar-refractivity contribution is 6.60. The molecular weight excluding hydrogens is 394 g/mol. The van der Waals surface area contributed by atoms with E-state index in [1.165, 1.54) is 5.56 Å². The molecule has 9 heteroatoms. The van der Waals surface area contributed by atoms with Gasteiger partial charge in [0.1, 0.15) is 0 Å². The molecule has 7 nitrogen and oxygen atoms in total. The average molecular weight is 432 g/mol. The molecule has 0 heterocycles. The van der Waals surface area contributed by atoms with E-state index in [9.17, 15) is 0 Å². The van der Waals surface area contributed by atoms with E-state index in [1.54, 1.807) is 42.7 Å². The Kier molecular flexibility index (Phi) is 12.3. The van der Waals surface area contributed by atoms with Gasteiger partial charge in [-0.3, -0.25) is 4.90 Å². The van der Waals surface area contributed by atoms with Crippen LogP contribution in [-0.2, 0) is 33.1 Å². The van der Waals surface area contributed by atoms with Crippen molar-refractivity contribution in [3.05, 3.63) is 35.9 Å². The molecule has 0 fully saturated rings. The molecule has 0 aliphatic heterocycles. The Hall–Kier alpha value is -0.626. The van der Waals surface area contributed by atoms with Gasteiger partial charge in [-0.2, -0.15) is 0 Å². The van der Waals surface area contributed by atoms with E-state index in [2.05, 4.69) is 29.2 Å². The topological polar surface area (TPSA) is 58.6 Å². The minimum Gasteiger partial charge on any atom is -0.377 e. The van der Waals surface area contributed by atoms with E-state index in [1.807, 2.05) is 6.07 Å². The second-order valence-corrected chi connectivity index (χ2v) is 12.7. The average Bonchev–Trinajstić information content (AvgIpc) is 2.75. The summed E-state index contributed by atoms with van der Waals surface area (Å²) in [6, 6.07) is 12.1. The van der Waals surface area contributed by atoms with Crippen molar-refractivity contribution in [2.45, 2.75) is 31.5 Å². The summed E-state index contributed by atoms with van der Waals surface area (Å²) in [5.41, 5.74) is 1.30. The maximum atomic E-state index is 5.54. The first-order valence-electron chi connectivity index (χ1n) is 9.59. The molecule has 28 heavy (non-hydrogen) atoms. The van der Waals surface area contributed by atoms with Crippen molar-refractivity contribution in [1.82, 2.24) is 4.90 Å². The molecule has 0 saturated carbocycles. The number of rotatable bonds is 16. The molecule has 0 amide bonds. The Morgan fingerprint density at radius 3 is 1.39 bits per heavy atom. The fourth-order valence-electron chi connectivity index (χ4n) is 3.26. The number of benzene rings is 1. The van der Waals surface area contributed by atoms with Crippen LogP contribution in [0.5, 0.6) is 0 Å². The Balaban J connectivity index is 2.66. The van der Waals surface area contributed by atoms with Gasteiger partial charge in [0.05, 0.1) is 0 Å². The molecule has 0 atom stereocenters. The summed E-state index contributed by atoms with van der Waals surface area (Å²) in [5.74, 6) is 0. The normalized spacial score (nSPS) is 12.7. The molecule has 0 spiro atoms. The SMILES string of the molecule is CO[Si](CCCN(CCC[Si](OC)(OC)OC)Cc1ccccc1)(OC)OC. The van der Waals surface area contributed by atoms with Crippen LogP contribution < -0.4 is 0 Å². The summed E-state index contributed by atoms with van der Waals surface area (Å²) in [6.07, 6.45) is 1.88. The van der Waals surface area contributed by atoms with E-state index >= 15 is 0 Å². The van der Waals surface area contributed by atoms with Crippen LogP contribution in [0.25, 0.3) is 0 Å². The number of hydrogen-bond acceptors (Lipinski definition) is 7. The quantitative estimate of drug-likeness (QED) is 0.373. The van der Waals surface area contributed by atoms with Gasteiger partial charge in [-0.1, -0.05) is 30.3 Å². The van der Waals surface area contributed by atoms with Gasteiger partial charge in [-0.25, -0.2) is 0 Å². The van der Waals surface area contributed by atoms with Gasteiger partial charge in [-0.15, -0.1) is 0 Å². The summed E-state index contributed by atoms with van der Waals surface area (Å²) in [4.78, 5) is 2.44. The molecule has 0 unspecified atom stereocenters. The van der Waals surface area contributed by atoms with Crippen LogP contribution in [-0.4, -0.2) is 78.3 Å². The lowest BCUT2D eigenvalue weighted by Gasteiger charge is -2.28. The third-order valence-corrected chi connectivity index (χ3v) is 10.7. The molecule has 0 saturated heterocycles. The number of hydrogen-bond donors (Lipinski definition) is 0. The fourth-order valence-corrected chi connectivity index (χ4v) is 6.67. The zero-order chi connectivity index (χ0) is 20.9. The van der Waals surface area contributed by atoms with Crippen LogP contribution in [0.15, 0.2) is 30.3 Å². The van der Waals surface area contributed by atoms with E-state index in [4.69, 9.17) is 26.6 Å². The highest BCUT2D eigenvalue weighted by Gasteiger charge is 2.38. The molecular formula is C19H37NO6Si2. The van der Waals surface area contributed by atoms with Gasteiger partial charge in [0.15, 0.2) is 0 Å². The molecule has 0 aliphatic rings. The van der Waals surface area contributed by atoms with E-state index in [0.29, 0.717) is 0 Å². The predicted octanol–water partition coefficient (Wildman–Crippen LogP) is 3.03. The molecule has 0 aromatic heterocycles. The van der Waals surface area contributed by atoms with E-state index in [-0.39, 0.29) is 0 Å². The van der Waals surface area contributed by atoms with Crippen LogP contribution in [0.3, 0.4) is 0 Å². The first-order valence-corrected chi connectivity index (χ1v) is 13.5. The van der Waals surface area contributed by atoms with Crippen molar-refractivity contribution in [1.29, 1.82) is 0 Å². The van der Waals surface area contributed by atoms with Crippen LogP contribution in [0, 0.1) is 0 Å². The summed E-state index contributed by atoms with van der Waals surface area (Å²) in [6.45, 7) is 2.76. The molecule has 1 aromatic carbocycles. The molecule has 1 rings (SSSR count). The second kappa shape index (κ2) is 13.6. The van der Waals surface area contributed by atoms with Crippen LogP contribution in [0.1, 0.15) is 18.4 Å². The highest BCUT2D eigenvalue weighted by atomic mass is 28.4. The van der Waals surface area contributed by atoms with Crippen molar-refractivity contribution in [2.24, 2.45) is 0 Å². The van der Waals surface area contributed by atoms with Gasteiger partial charge in [-0.05, 0) is 31.5 Å². The van der Waals surface area contributed by atoms with E-state index < -0.39 is 17.6 Å². The summed E-state index contributed by atoms with van der Waals surface area (Å²) in [7, 11) is 4.88. The standard InChI is InChI=1S/C19H37NO6Si2/c1-21-27(22-2,23-3)16-10-14-20(18-19-12-8-7-9-13-19)15-11-17-28(24-4,25-5)26-6/h7-9,12-13H,10-11,14-18H2,1-6H3. The number of nitrogens with zero attached hydrogens (tertiary/aromatic N) is 1. The Labute approximate surface area is 172 Å². The van der Waals surface area contributed by atoms with Crippen LogP contribution >= 0.6 is 0 Å². The Morgan fingerprint density at radius 2 is 1.04 bits per heavy atom. The minimum absolute atomic E-state index is 0.786. The van der Waals surface area contributed by atoms with Crippen molar-refractivity contribution < 1.29 is 26.6 Å². The molecule has 0 radical (unpaired) electrons. The van der Waals surface area contributed by atoms with Gasteiger partial charge in [0.2, 0.25) is 0 Å². The maximum Gasteiger partial charge on any atom is 0.500 e. The second-order valence-electron chi connectivity index (χ2n) is 6.56. The van der Waals surface area contributed by atoms with E-state index in [0.717, 1.165) is 44.6 Å². The van der Waals surface area contributed by atoms with Crippen molar-refractivity contribution >= 4 is 17.6 Å². The molecule has 162 valence electrons. The lowest BCUT2D eigenvalue weighted by molar-refractivity contribution is 0.119. The third-order valence-electron chi connectivity index (χ3n) is 5.03. The van der Waals surface area contributed by atoms with Gasteiger partial charge in [0, 0.05) is 61.3 Å². The highest BCUT2D eigenvalue weighted by Crippen LogP contribution is 2.18. The first-order chi connectivity index (χ1) is 13.5. The lowest BCUT2D eigenvalue weighted by Crippen LogP contribution is -2.44. The summed E-state index contributed by atoms with van der Waals surface area (Å²) < 4.78 is 33.2. The minimum atomic E-state index is -2.53. The maximum absolute atomic E-state index is 5.54. The zero-order valence-electron chi connectivity index (χ0n) is 18.2. The fraction of sp³-hybridized carbons (Fsp3) is 0.684. The first kappa shape index (κ1) is 25.4. The smallest absolute Gasteiger partial charge is 0.377 e. The lowest BCUT2D eigenvalue weighted by atomic mass is 10.2. The largest absolute Gasteiger partial charge is 0.500 e. The molecule has 0 bridgehead atoms. The molecule has 1 aromatic rings. The van der Waals surface area contributed by atoms with Gasteiger partial charge < -0.3 is 26.6 Å². The van der Waals surface area contributed by atoms with Gasteiger partial charge in [0.25, 0.3) is 0 Å². The van der Waals surface area contributed by atoms with Crippen molar-refractivity contribution in [3.8, 4) is 0 Å². The molecule has 0 N–H and O–H groups in total. The summed E-state index contributed by atoms with van der Waals surface area (Å²) >= 11 is 0. The van der Waals surface area contributed by atoms with Gasteiger partial charge >= 0.3 is 17.6 Å². The van der Waals surface area contributed by atoms with Crippen LogP contribution in [0.2, 0.25) is 12.1 Å². The molecule has 0 aliphatic carbocycles. The zero-order valence-corrected chi connectivity index (χ0v) is 20.2. The van der Waals surface area contributed by atoms with Crippen molar-refractivity contribution in [2.75, 3.05) is 55.7 Å². The monoisotopic (exact) mass is 431 g/mol. The Morgan fingerprint density at radius 1 is 0.643 bits per heavy atom. The van der Waals surface area contributed by atoms with Crippen LogP contribution in [0.4, 0.5) is 0 Å².